The Bertz CT molecular complexity index is 883. The Morgan fingerprint density at radius 2 is 1.70 bits per heavy atom. The number of ketones is 1. The standard InChI is InChI=1S/C21H17NO/c1-14(23)16-6-7-19-17-4-2-3-5-18(17)20(21(19)13-16)12-15-8-10-22-11-9-15/h2-11,13,20H,12H2,1H3. The molecule has 1 aromatic heterocycles. The fourth-order valence-corrected chi connectivity index (χ4v) is 3.50. The molecule has 2 heteroatoms. The minimum atomic E-state index is 0.117. The molecule has 0 aliphatic heterocycles. The van der Waals surface area contributed by atoms with Crippen LogP contribution >= 0.6 is 0 Å². The highest BCUT2D eigenvalue weighted by Gasteiger charge is 2.28. The smallest absolute Gasteiger partial charge is 0.159 e. The molecule has 2 aromatic carbocycles. The van der Waals surface area contributed by atoms with Crippen molar-refractivity contribution < 1.29 is 4.79 Å². The third-order valence-electron chi connectivity index (χ3n) is 4.65. The maximum Gasteiger partial charge on any atom is 0.159 e. The van der Waals surface area contributed by atoms with E-state index in [9.17, 15) is 4.79 Å². The second kappa shape index (κ2) is 5.47. The number of fused-ring (bicyclic) bond motifs is 3. The van der Waals surface area contributed by atoms with Gasteiger partial charge in [-0.1, -0.05) is 36.4 Å². The van der Waals surface area contributed by atoms with Crippen LogP contribution in [0.3, 0.4) is 0 Å². The van der Waals surface area contributed by atoms with Crippen LogP contribution in [-0.2, 0) is 6.42 Å². The summed E-state index contributed by atoms with van der Waals surface area (Å²) in [4.78, 5) is 15.9. The van der Waals surface area contributed by atoms with Gasteiger partial charge in [0.05, 0.1) is 0 Å². The molecular formula is C21H17NO. The van der Waals surface area contributed by atoms with Crippen LogP contribution in [0.5, 0.6) is 0 Å². The van der Waals surface area contributed by atoms with E-state index in [-0.39, 0.29) is 5.78 Å². The quantitative estimate of drug-likeness (QED) is 0.659. The second-order valence-electron chi connectivity index (χ2n) is 6.06. The average molecular weight is 299 g/mol. The predicted molar refractivity (Wildman–Crippen MR) is 91.7 cm³/mol. The molecule has 1 unspecified atom stereocenters. The number of carbonyl (C=O) groups is 1. The van der Waals surface area contributed by atoms with Crippen molar-refractivity contribution in [1.29, 1.82) is 0 Å². The van der Waals surface area contributed by atoms with Crippen molar-refractivity contribution in [2.45, 2.75) is 19.3 Å². The maximum absolute atomic E-state index is 11.8. The van der Waals surface area contributed by atoms with Gasteiger partial charge in [-0.25, -0.2) is 0 Å². The summed E-state index contributed by atoms with van der Waals surface area (Å²) < 4.78 is 0. The summed E-state index contributed by atoms with van der Waals surface area (Å²) in [5.41, 5.74) is 7.20. The van der Waals surface area contributed by atoms with E-state index >= 15 is 0 Å². The first-order valence-electron chi connectivity index (χ1n) is 7.87. The van der Waals surface area contributed by atoms with Crippen molar-refractivity contribution in [1.82, 2.24) is 4.98 Å². The Hall–Kier alpha value is -2.74. The zero-order valence-electron chi connectivity index (χ0n) is 13.0. The van der Waals surface area contributed by atoms with Crippen molar-refractivity contribution in [2.24, 2.45) is 0 Å². The molecule has 3 aromatic rings. The van der Waals surface area contributed by atoms with Crippen LogP contribution < -0.4 is 0 Å². The van der Waals surface area contributed by atoms with Crippen LogP contribution in [0.1, 0.15) is 39.9 Å². The van der Waals surface area contributed by atoms with E-state index in [1.165, 1.54) is 27.8 Å². The zero-order valence-corrected chi connectivity index (χ0v) is 13.0. The van der Waals surface area contributed by atoms with Gasteiger partial charge in [0.1, 0.15) is 0 Å². The predicted octanol–water partition coefficient (Wildman–Crippen LogP) is 4.64. The van der Waals surface area contributed by atoms with Gasteiger partial charge >= 0.3 is 0 Å². The summed E-state index contributed by atoms with van der Waals surface area (Å²) in [7, 11) is 0. The number of Topliss-reactive ketones (excluding diaryl/α,β-unsaturated/α-hetero) is 1. The first-order chi connectivity index (χ1) is 11.2. The molecule has 0 saturated heterocycles. The molecule has 1 atom stereocenters. The minimum Gasteiger partial charge on any atom is -0.295 e. The van der Waals surface area contributed by atoms with E-state index in [1.54, 1.807) is 6.92 Å². The molecular weight excluding hydrogens is 282 g/mol. The summed E-state index contributed by atoms with van der Waals surface area (Å²) in [5, 5.41) is 0. The lowest BCUT2D eigenvalue weighted by atomic mass is 9.89. The highest BCUT2D eigenvalue weighted by atomic mass is 16.1. The van der Waals surface area contributed by atoms with Gasteiger partial charge in [0, 0.05) is 23.9 Å². The second-order valence-corrected chi connectivity index (χ2v) is 6.06. The van der Waals surface area contributed by atoms with Gasteiger partial charge in [-0.15, -0.1) is 0 Å². The molecule has 0 spiro atoms. The van der Waals surface area contributed by atoms with Gasteiger partial charge in [0.2, 0.25) is 0 Å². The molecule has 112 valence electrons. The van der Waals surface area contributed by atoms with E-state index < -0.39 is 0 Å². The Labute approximate surface area is 135 Å². The Kier molecular flexibility index (Phi) is 3.30. The number of carbonyl (C=O) groups excluding carboxylic acids is 1. The van der Waals surface area contributed by atoms with Crippen LogP contribution in [0.15, 0.2) is 67.0 Å². The normalized spacial score (nSPS) is 15.1. The number of nitrogens with zero attached hydrogens (tertiary/aromatic N) is 1. The number of pyridine rings is 1. The lowest BCUT2D eigenvalue weighted by Crippen LogP contribution is -2.03. The molecule has 4 rings (SSSR count). The molecule has 0 bridgehead atoms. The number of hydrogen-bond acceptors (Lipinski definition) is 2. The lowest BCUT2D eigenvalue weighted by molar-refractivity contribution is 0.101. The fourth-order valence-electron chi connectivity index (χ4n) is 3.50. The summed E-state index contributed by atoms with van der Waals surface area (Å²) in [6.45, 7) is 1.63. The summed E-state index contributed by atoms with van der Waals surface area (Å²) >= 11 is 0. The van der Waals surface area contributed by atoms with E-state index in [0.29, 0.717) is 5.92 Å². The zero-order chi connectivity index (χ0) is 15.8. The van der Waals surface area contributed by atoms with Gasteiger partial charge in [-0.05, 0) is 59.4 Å². The topological polar surface area (TPSA) is 30.0 Å². The van der Waals surface area contributed by atoms with Gasteiger partial charge in [0.15, 0.2) is 5.78 Å². The molecule has 0 fully saturated rings. The van der Waals surface area contributed by atoms with Gasteiger partial charge in [-0.2, -0.15) is 0 Å². The van der Waals surface area contributed by atoms with Crippen molar-refractivity contribution in [3.8, 4) is 11.1 Å². The van der Waals surface area contributed by atoms with Crippen molar-refractivity contribution in [2.75, 3.05) is 0 Å². The third-order valence-corrected chi connectivity index (χ3v) is 4.65. The lowest BCUT2D eigenvalue weighted by Gasteiger charge is -2.14. The molecule has 0 amide bonds. The Morgan fingerprint density at radius 3 is 2.48 bits per heavy atom. The number of rotatable bonds is 3. The summed E-state index contributed by atoms with van der Waals surface area (Å²) in [6, 6.07) is 18.8. The Morgan fingerprint density at radius 1 is 0.957 bits per heavy atom. The van der Waals surface area contributed by atoms with E-state index in [2.05, 4.69) is 53.5 Å². The third kappa shape index (κ3) is 2.36. The molecule has 2 nitrogen and oxygen atoms in total. The van der Waals surface area contributed by atoms with Crippen molar-refractivity contribution >= 4 is 5.78 Å². The largest absolute Gasteiger partial charge is 0.295 e. The molecule has 1 aliphatic rings. The first kappa shape index (κ1) is 13.9. The molecule has 0 N–H and O–H groups in total. The van der Waals surface area contributed by atoms with Crippen LogP contribution in [0.25, 0.3) is 11.1 Å². The van der Waals surface area contributed by atoms with Gasteiger partial charge in [-0.3, -0.25) is 9.78 Å². The van der Waals surface area contributed by atoms with Crippen LogP contribution in [-0.4, -0.2) is 10.8 Å². The highest BCUT2D eigenvalue weighted by molar-refractivity contribution is 5.95. The van der Waals surface area contributed by atoms with Crippen LogP contribution in [0, 0.1) is 0 Å². The molecule has 23 heavy (non-hydrogen) atoms. The maximum atomic E-state index is 11.8. The van der Waals surface area contributed by atoms with Crippen LogP contribution in [0.4, 0.5) is 0 Å². The van der Waals surface area contributed by atoms with Gasteiger partial charge < -0.3 is 0 Å². The van der Waals surface area contributed by atoms with E-state index in [1.807, 2.05) is 18.5 Å². The molecule has 1 aliphatic carbocycles. The van der Waals surface area contributed by atoms with Crippen LogP contribution in [0.2, 0.25) is 0 Å². The van der Waals surface area contributed by atoms with Crippen molar-refractivity contribution in [3.63, 3.8) is 0 Å². The van der Waals surface area contributed by atoms with E-state index in [0.717, 1.165) is 12.0 Å². The molecule has 1 heterocycles. The Balaban J connectivity index is 1.85. The number of hydrogen-bond donors (Lipinski definition) is 0. The number of aromatic nitrogens is 1. The summed E-state index contributed by atoms with van der Waals surface area (Å²) in [6.07, 6.45) is 4.60. The highest BCUT2D eigenvalue weighted by Crippen LogP contribution is 2.46. The minimum absolute atomic E-state index is 0.117. The average Bonchev–Trinajstić information content (AvgIpc) is 2.90. The first-order valence-corrected chi connectivity index (χ1v) is 7.87. The number of benzene rings is 2. The van der Waals surface area contributed by atoms with Gasteiger partial charge in [0.25, 0.3) is 0 Å². The summed E-state index contributed by atoms with van der Waals surface area (Å²) in [5.74, 6) is 0.411. The fraction of sp³-hybridized carbons (Fsp3) is 0.143. The molecule has 0 saturated carbocycles. The SMILES string of the molecule is CC(=O)c1ccc2c(c1)C(Cc1ccncc1)c1ccccc1-2. The van der Waals surface area contributed by atoms with Crippen molar-refractivity contribution in [3.05, 3.63) is 89.2 Å². The van der Waals surface area contributed by atoms with E-state index in [4.69, 9.17) is 0 Å². The monoisotopic (exact) mass is 299 g/mol. The molecule has 0 radical (unpaired) electrons.